The van der Waals surface area contributed by atoms with Crippen LogP contribution in [0.15, 0.2) is 57.0 Å². The molecule has 5 N–H and O–H groups in total. The van der Waals surface area contributed by atoms with E-state index in [1.165, 1.54) is 25.6 Å². The van der Waals surface area contributed by atoms with Crippen LogP contribution in [0.4, 0.5) is 6.01 Å². The van der Waals surface area contributed by atoms with Gasteiger partial charge in [0, 0.05) is 22.1 Å². The number of carbonyl (C=O) groups is 4. The van der Waals surface area contributed by atoms with Crippen molar-refractivity contribution < 1.29 is 43.2 Å². The van der Waals surface area contributed by atoms with E-state index in [0.29, 0.717) is 11.3 Å². The van der Waals surface area contributed by atoms with Crippen molar-refractivity contribution in [3.8, 4) is 0 Å². The molecule has 16 heteroatoms. The molecule has 3 aromatic heterocycles. The van der Waals surface area contributed by atoms with Gasteiger partial charge in [0.25, 0.3) is 17.8 Å². The van der Waals surface area contributed by atoms with Gasteiger partial charge >= 0.3 is 11.9 Å². The first-order valence-electron chi connectivity index (χ1n) is 11.7. The summed E-state index contributed by atoms with van der Waals surface area (Å²) in [6.07, 6.45) is 4.80. The summed E-state index contributed by atoms with van der Waals surface area (Å²) in [6, 6.07) is 2.56. The molecule has 14 nitrogen and oxygen atoms in total. The van der Waals surface area contributed by atoms with Crippen LogP contribution in [-0.4, -0.2) is 72.3 Å². The summed E-state index contributed by atoms with van der Waals surface area (Å²) in [5, 5.41) is 27.8. The Morgan fingerprint density at radius 2 is 2.12 bits per heavy atom. The molecule has 2 aliphatic rings. The van der Waals surface area contributed by atoms with E-state index in [0.717, 1.165) is 21.2 Å². The first-order valence-corrected chi connectivity index (χ1v) is 13.7. The van der Waals surface area contributed by atoms with Crippen LogP contribution in [0.2, 0.25) is 0 Å². The Labute approximate surface area is 234 Å². The lowest BCUT2D eigenvalue weighted by atomic mass is 10.0. The fourth-order valence-corrected chi connectivity index (χ4v) is 6.18. The molecule has 2 aliphatic heterocycles. The fraction of sp³-hybridized carbons (Fsp3) is 0.292. The smallest absolute Gasteiger partial charge is 0.352 e. The number of hydrogen-bond donors (Lipinski definition) is 4. The SMILES string of the molecule is CC(C)(O/N=C(/C(=O)NC1C(=O)N2C(C(=O)O)=C(C[n+]3ccc4sccc4c3)CSC12)c1coc(N)n1)C(=O)O. The van der Waals surface area contributed by atoms with E-state index in [1.807, 2.05) is 34.5 Å². The molecule has 2 amide bonds. The lowest BCUT2D eigenvalue weighted by Crippen LogP contribution is -2.71. The van der Waals surface area contributed by atoms with E-state index in [9.17, 15) is 29.4 Å². The van der Waals surface area contributed by atoms with Crippen LogP contribution in [0.1, 0.15) is 19.5 Å². The number of oxime groups is 1. The molecule has 0 spiro atoms. The zero-order chi connectivity index (χ0) is 28.8. The van der Waals surface area contributed by atoms with Gasteiger partial charge in [0.15, 0.2) is 24.7 Å². The average Bonchev–Trinajstić information content (AvgIpc) is 3.55. The predicted octanol–water partition coefficient (Wildman–Crippen LogP) is 0.782. The van der Waals surface area contributed by atoms with Gasteiger partial charge in [-0.25, -0.2) is 14.2 Å². The number of amides is 2. The molecule has 5 heterocycles. The molecular weight excluding hydrogens is 564 g/mol. The summed E-state index contributed by atoms with van der Waals surface area (Å²) >= 11 is 2.91. The van der Waals surface area contributed by atoms with Crippen molar-refractivity contribution >= 4 is 68.7 Å². The molecule has 0 saturated carbocycles. The number of aromatic nitrogens is 2. The highest BCUT2D eigenvalue weighted by Gasteiger charge is 2.55. The molecule has 1 fully saturated rings. The van der Waals surface area contributed by atoms with E-state index in [2.05, 4.69) is 15.5 Å². The predicted molar refractivity (Wildman–Crippen MR) is 142 cm³/mol. The minimum absolute atomic E-state index is 0.123. The number of thiophene rings is 1. The molecule has 0 aromatic carbocycles. The van der Waals surface area contributed by atoms with E-state index in [1.54, 1.807) is 11.3 Å². The number of aliphatic carboxylic acids is 2. The molecular formula is C24H23N6O8S2+. The highest BCUT2D eigenvalue weighted by molar-refractivity contribution is 8.00. The van der Waals surface area contributed by atoms with Crippen LogP contribution >= 0.6 is 23.1 Å². The largest absolute Gasteiger partial charge is 0.478 e. The minimum atomic E-state index is -1.79. The van der Waals surface area contributed by atoms with Gasteiger partial charge in [-0.1, -0.05) is 5.16 Å². The van der Waals surface area contributed by atoms with Gasteiger partial charge in [-0.2, -0.15) is 4.98 Å². The van der Waals surface area contributed by atoms with Crippen LogP contribution in [-0.2, 0) is 30.6 Å². The third kappa shape index (κ3) is 4.98. The van der Waals surface area contributed by atoms with E-state index < -0.39 is 46.5 Å². The van der Waals surface area contributed by atoms with Crippen molar-refractivity contribution in [2.45, 2.75) is 37.4 Å². The van der Waals surface area contributed by atoms with Gasteiger partial charge in [0.05, 0.1) is 5.39 Å². The van der Waals surface area contributed by atoms with Crippen molar-refractivity contribution in [3.05, 3.63) is 53.1 Å². The number of oxazole rings is 1. The molecule has 40 heavy (non-hydrogen) atoms. The Bertz CT molecular complexity index is 1610. The summed E-state index contributed by atoms with van der Waals surface area (Å²) in [7, 11) is 0. The van der Waals surface area contributed by atoms with E-state index in [4.69, 9.17) is 15.0 Å². The number of nitrogen functional groups attached to an aromatic ring is 1. The van der Waals surface area contributed by atoms with Gasteiger partial charge in [0.2, 0.25) is 5.60 Å². The number of nitrogens with two attached hydrogens (primary N) is 1. The fourth-order valence-electron chi connectivity index (χ4n) is 4.09. The van der Waals surface area contributed by atoms with Crippen molar-refractivity contribution in [2.75, 3.05) is 11.5 Å². The Morgan fingerprint density at radius 3 is 2.80 bits per heavy atom. The number of pyridine rings is 1. The molecule has 2 unspecified atom stereocenters. The maximum absolute atomic E-state index is 13.2. The summed E-state index contributed by atoms with van der Waals surface area (Å²) < 4.78 is 7.90. The first kappa shape index (κ1) is 27.1. The topological polar surface area (TPSA) is 202 Å². The van der Waals surface area contributed by atoms with Gasteiger partial charge in [-0.15, -0.1) is 23.1 Å². The number of carboxylic acid groups (broad SMARTS) is 2. The van der Waals surface area contributed by atoms with Crippen LogP contribution in [0.5, 0.6) is 0 Å². The van der Waals surface area contributed by atoms with Crippen LogP contribution in [0.25, 0.3) is 10.1 Å². The molecule has 2 atom stereocenters. The molecule has 0 aliphatic carbocycles. The Hall–Kier alpha value is -4.44. The summed E-state index contributed by atoms with van der Waals surface area (Å²) in [5.74, 6) is -3.81. The van der Waals surface area contributed by atoms with Crippen molar-refractivity contribution in [1.82, 2.24) is 15.2 Å². The Morgan fingerprint density at radius 1 is 1.35 bits per heavy atom. The average molecular weight is 588 g/mol. The number of carbonyl (C=O) groups excluding carboxylic acids is 2. The number of thioether (sulfide) groups is 1. The second-order valence-electron chi connectivity index (χ2n) is 9.39. The van der Waals surface area contributed by atoms with Gasteiger partial charge in [-0.3, -0.25) is 14.5 Å². The normalized spacial score (nSPS) is 19.3. The summed E-state index contributed by atoms with van der Waals surface area (Å²) in [5.41, 5.74) is 3.52. The van der Waals surface area contributed by atoms with E-state index in [-0.39, 0.29) is 24.0 Å². The van der Waals surface area contributed by atoms with Crippen molar-refractivity contribution in [2.24, 2.45) is 5.16 Å². The second-order valence-corrected chi connectivity index (χ2v) is 11.4. The number of fused-ring (bicyclic) bond motifs is 2. The lowest BCUT2D eigenvalue weighted by Gasteiger charge is -2.49. The zero-order valence-electron chi connectivity index (χ0n) is 21.1. The number of hydrogen-bond acceptors (Lipinski definition) is 11. The van der Waals surface area contributed by atoms with Crippen molar-refractivity contribution in [3.63, 3.8) is 0 Å². The molecule has 208 valence electrons. The van der Waals surface area contributed by atoms with Crippen LogP contribution < -0.4 is 15.6 Å². The van der Waals surface area contributed by atoms with Gasteiger partial charge < -0.3 is 30.5 Å². The zero-order valence-corrected chi connectivity index (χ0v) is 22.7. The minimum Gasteiger partial charge on any atom is -0.478 e. The quantitative estimate of drug-likeness (QED) is 0.119. The molecule has 0 radical (unpaired) electrons. The second kappa shape index (κ2) is 10.3. The molecule has 0 bridgehead atoms. The number of anilines is 1. The van der Waals surface area contributed by atoms with Crippen LogP contribution in [0, 0.1) is 0 Å². The molecule has 1 saturated heterocycles. The maximum atomic E-state index is 13.2. The molecule has 5 rings (SSSR count). The third-order valence-corrected chi connectivity index (χ3v) is 8.46. The van der Waals surface area contributed by atoms with Gasteiger partial charge in [-0.05, 0) is 25.3 Å². The van der Waals surface area contributed by atoms with Crippen molar-refractivity contribution in [1.29, 1.82) is 0 Å². The summed E-state index contributed by atoms with van der Waals surface area (Å²) in [4.78, 5) is 60.0. The number of nitrogens with zero attached hydrogens (tertiary/aromatic N) is 4. The Balaban J connectivity index is 1.36. The lowest BCUT2D eigenvalue weighted by molar-refractivity contribution is -0.687. The first-order chi connectivity index (χ1) is 19.0. The van der Waals surface area contributed by atoms with E-state index >= 15 is 0 Å². The number of carboxylic acids is 2. The summed E-state index contributed by atoms with van der Waals surface area (Å²) in [6.45, 7) is 2.73. The number of rotatable bonds is 9. The third-order valence-electron chi connectivity index (χ3n) is 6.22. The Kier molecular flexibility index (Phi) is 6.97. The van der Waals surface area contributed by atoms with Gasteiger partial charge in [0.1, 0.15) is 29.1 Å². The molecule has 3 aromatic rings. The highest BCUT2D eigenvalue weighted by atomic mass is 32.2. The number of β-lactam (4-membered cyclic amide) rings is 1. The standard InChI is InChI=1S/C24H22N6O8S2/c1-24(2,22(35)36)38-28-15(13-9-37-23(25)26-13)18(31)27-16-19(32)30-17(21(33)34)12(10-40-20(16)30)8-29-5-3-14-11(7-29)4-6-39-14/h3-7,9,16,20H,8,10H2,1-2H3,(H4-,25,26,27,31,33,34,35,36)/p+1/b28-15+. The maximum Gasteiger partial charge on any atom is 0.352 e. The number of nitrogens with one attached hydrogen (secondary N) is 1. The highest BCUT2D eigenvalue weighted by Crippen LogP contribution is 2.40. The van der Waals surface area contributed by atoms with Crippen LogP contribution in [0.3, 0.4) is 0 Å². The monoisotopic (exact) mass is 587 g/mol.